The standard InChI is InChI=1S/C17H29NO3/c1-2-14(13-8-4-3-5-9-13)18-15(19)12-17(16(20)21)10-6-7-11-17/h13-14H,2-12H2,1H3,(H,18,19)(H,20,21). The number of nitrogens with one attached hydrogen (secondary N) is 1. The van der Waals surface area contributed by atoms with Crippen LogP contribution in [0.1, 0.15) is 77.6 Å². The zero-order valence-electron chi connectivity index (χ0n) is 13.2. The number of aliphatic carboxylic acids is 1. The molecule has 2 fully saturated rings. The minimum Gasteiger partial charge on any atom is -0.481 e. The van der Waals surface area contributed by atoms with Crippen molar-refractivity contribution in [1.82, 2.24) is 5.32 Å². The molecular formula is C17H29NO3. The minimum absolute atomic E-state index is 0.0586. The van der Waals surface area contributed by atoms with Gasteiger partial charge in [0.25, 0.3) is 0 Å². The Kier molecular flexibility index (Phi) is 5.65. The van der Waals surface area contributed by atoms with Gasteiger partial charge in [0.15, 0.2) is 0 Å². The SMILES string of the molecule is CCC(NC(=O)CC1(C(=O)O)CCCC1)C1CCCCC1. The lowest BCUT2D eigenvalue weighted by atomic mass is 9.81. The topological polar surface area (TPSA) is 66.4 Å². The fourth-order valence-corrected chi connectivity index (χ4v) is 4.17. The normalized spacial score (nSPS) is 23.7. The lowest BCUT2D eigenvalue weighted by Gasteiger charge is -2.31. The maximum Gasteiger partial charge on any atom is 0.310 e. The Labute approximate surface area is 127 Å². The van der Waals surface area contributed by atoms with Gasteiger partial charge in [-0.3, -0.25) is 9.59 Å². The van der Waals surface area contributed by atoms with Crippen LogP contribution >= 0.6 is 0 Å². The number of carbonyl (C=O) groups excluding carboxylic acids is 1. The van der Waals surface area contributed by atoms with Gasteiger partial charge in [-0.05, 0) is 38.0 Å². The van der Waals surface area contributed by atoms with E-state index < -0.39 is 11.4 Å². The molecule has 0 aromatic carbocycles. The number of carbonyl (C=O) groups is 2. The van der Waals surface area contributed by atoms with Gasteiger partial charge in [0.2, 0.25) is 5.91 Å². The van der Waals surface area contributed by atoms with Crippen molar-refractivity contribution in [3.63, 3.8) is 0 Å². The van der Waals surface area contributed by atoms with Crippen LogP contribution in [0.3, 0.4) is 0 Å². The molecule has 1 unspecified atom stereocenters. The minimum atomic E-state index is -0.797. The van der Waals surface area contributed by atoms with E-state index >= 15 is 0 Å². The van der Waals surface area contributed by atoms with E-state index in [0.29, 0.717) is 18.8 Å². The highest BCUT2D eigenvalue weighted by Gasteiger charge is 2.43. The predicted octanol–water partition coefficient (Wildman–Crippen LogP) is 3.50. The third-order valence-corrected chi connectivity index (χ3v) is 5.52. The molecule has 0 aromatic rings. The van der Waals surface area contributed by atoms with E-state index in [9.17, 15) is 14.7 Å². The average molecular weight is 295 g/mol. The van der Waals surface area contributed by atoms with Gasteiger partial charge < -0.3 is 10.4 Å². The Hall–Kier alpha value is -1.06. The number of hydrogen-bond acceptors (Lipinski definition) is 2. The van der Waals surface area contributed by atoms with Gasteiger partial charge in [0.05, 0.1) is 5.41 Å². The summed E-state index contributed by atoms with van der Waals surface area (Å²) in [5.74, 6) is -0.269. The van der Waals surface area contributed by atoms with E-state index in [0.717, 1.165) is 19.3 Å². The van der Waals surface area contributed by atoms with Gasteiger partial charge in [-0.25, -0.2) is 0 Å². The largest absolute Gasteiger partial charge is 0.481 e. The lowest BCUT2D eigenvalue weighted by Crippen LogP contribution is -2.43. The Morgan fingerprint density at radius 1 is 1.14 bits per heavy atom. The van der Waals surface area contributed by atoms with Gasteiger partial charge in [0.1, 0.15) is 0 Å². The molecule has 120 valence electrons. The Morgan fingerprint density at radius 3 is 2.29 bits per heavy atom. The Balaban J connectivity index is 1.91. The fraction of sp³-hybridized carbons (Fsp3) is 0.882. The molecule has 4 nitrogen and oxygen atoms in total. The van der Waals surface area contributed by atoms with E-state index in [1.54, 1.807) is 0 Å². The number of rotatable bonds is 6. The smallest absolute Gasteiger partial charge is 0.310 e. The van der Waals surface area contributed by atoms with Crippen molar-refractivity contribution < 1.29 is 14.7 Å². The summed E-state index contributed by atoms with van der Waals surface area (Å²) in [5.41, 5.74) is -0.797. The van der Waals surface area contributed by atoms with Crippen molar-refractivity contribution in [2.45, 2.75) is 83.6 Å². The summed E-state index contributed by atoms with van der Waals surface area (Å²) < 4.78 is 0. The first kappa shape index (κ1) is 16.3. The summed E-state index contributed by atoms with van der Waals surface area (Å²) in [6, 6.07) is 0.227. The first-order valence-electron chi connectivity index (χ1n) is 8.60. The highest BCUT2D eigenvalue weighted by molar-refractivity contribution is 5.85. The monoisotopic (exact) mass is 295 g/mol. The van der Waals surface area contributed by atoms with Crippen LogP contribution in [0.15, 0.2) is 0 Å². The Bertz CT molecular complexity index is 368. The maximum absolute atomic E-state index is 12.3. The van der Waals surface area contributed by atoms with Crippen LogP contribution in [0.5, 0.6) is 0 Å². The molecule has 2 saturated carbocycles. The van der Waals surface area contributed by atoms with Gasteiger partial charge >= 0.3 is 5.97 Å². The average Bonchev–Trinajstić information content (AvgIpc) is 2.95. The van der Waals surface area contributed by atoms with Crippen LogP contribution in [0.25, 0.3) is 0 Å². The number of amides is 1. The van der Waals surface area contributed by atoms with Crippen LogP contribution in [-0.4, -0.2) is 23.0 Å². The molecule has 0 saturated heterocycles. The molecule has 2 aliphatic rings. The molecule has 0 bridgehead atoms. The molecule has 0 aliphatic heterocycles. The van der Waals surface area contributed by atoms with Crippen molar-refractivity contribution in [2.75, 3.05) is 0 Å². The number of hydrogen-bond donors (Lipinski definition) is 2. The second-order valence-electron chi connectivity index (χ2n) is 6.95. The molecule has 0 aromatic heterocycles. The lowest BCUT2D eigenvalue weighted by molar-refractivity contribution is -0.151. The third kappa shape index (κ3) is 3.98. The summed E-state index contributed by atoms with van der Waals surface area (Å²) >= 11 is 0. The van der Waals surface area contributed by atoms with E-state index in [4.69, 9.17) is 0 Å². The van der Waals surface area contributed by atoms with Gasteiger partial charge in [0, 0.05) is 12.5 Å². The van der Waals surface area contributed by atoms with E-state index in [-0.39, 0.29) is 18.4 Å². The molecule has 2 aliphatic carbocycles. The van der Waals surface area contributed by atoms with Crippen molar-refractivity contribution in [3.8, 4) is 0 Å². The molecule has 2 rings (SSSR count). The quantitative estimate of drug-likeness (QED) is 0.788. The van der Waals surface area contributed by atoms with Crippen molar-refractivity contribution in [1.29, 1.82) is 0 Å². The molecule has 0 spiro atoms. The van der Waals surface area contributed by atoms with E-state index in [1.165, 1.54) is 32.1 Å². The first-order chi connectivity index (χ1) is 10.1. The zero-order valence-corrected chi connectivity index (χ0v) is 13.2. The maximum atomic E-state index is 12.3. The number of carboxylic acid groups (broad SMARTS) is 1. The second kappa shape index (κ2) is 7.28. The molecule has 21 heavy (non-hydrogen) atoms. The molecule has 0 radical (unpaired) electrons. The van der Waals surface area contributed by atoms with Gasteiger partial charge in [-0.2, -0.15) is 0 Å². The highest BCUT2D eigenvalue weighted by Crippen LogP contribution is 2.41. The molecular weight excluding hydrogens is 266 g/mol. The molecule has 1 amide bonds. The molecule has 1 atom stereocenters. The summed E-state index contributed by atoms with van der Waals surface area (Å²) in [6.45, 7) is 2.11. The summed E-state index contributed by atoms with van der Waals surface area (Å²) in [4.78, 5) is 23.9. The van der Waals surface area contributed by atoms with Crippen molar-refractivity contribution in [3.05, 3.63) is 0 Å². The summed E-state index contributed by atoms with van der Waals surface area (Å²) in [7, 11) is 0. The van der Waals surface area contributed by atoms with Crippen molar-refractivity contribution in [2.24, 2.45) is 11.3 Å². The third-order valence-electron chi connectivity index (χ3n) is 5.52. The summed E-state index contributed by atoms with van der Waals surface area (Å²) in [5, 5.41) is 12.6. The molecule has 4 heteroatoms. The Morgan fingerprint density at radius 2 is 1.76 bits per heavy atom. The van der Waals surface area contributed by atoms with E-state index in [1.807, 2.05) is 0 Å². The highest BCUT2D eigenvalue weighted by atomic mass is 16.4. The van der Waals surface area contributed by atoms with E-state index in [2.05, 4.69) is 12.2 Å². The summed E-state index contributed by atoms with van der Waals surface area (Å²) in [6.07, 6.45) is 10.5. The van der Waals surface area contributed by atoms with Crippen LogP contribution in [0.4, 0.5) is 0 Å². The first-order valence-corrected chi connectivity index (χ1v) is 8.60. The van der Waals surface area contributed by atoms with Crippen LogP contribution in [0.2, 0.25) is 0 Å². The molecule has 0 heterocycles. The predicted molar refractivity (Wildman–Crippen MR) is 82.0 cm³/mol. The van der Waals surface area contributed by atoms with Crippen LogP contribution in [-0.2, 0) is 9.59 Å². The van der Waals surface area contributed by atoms with Gasteiger partial charge in [-0.1, -0.05) is 39.0 Å². The second-order valence-corrected chi connectivity index (χ2v) is 6.95. The zero-order chi connectivity index (χ0) is 15.3. The van der Waals surface area contributed by atoms with Gasteiger partial charge in [-0.15, -0.1) is 0 Å². The molecule has 2 N–H and O–H groups in total. The van der Waals surface area contributed by atoms with Crippen LogP contribution < -0.4 is 5.32 Å². The van der Waals surface area contributed by atoms with Crippen LogP contribution in [0, 0.1) is 11.3 Å². The van der Waals surface area contributed by atoms with Crippen molar-refractivity contribution >= 4 is 11.9 Å². The number of carboxylic acids is 1. The fourth-order valence-electron chi connectivity index (χ4n) is 4.17.